The number of nitrogens with zero attached hydrogens (tertiary/aromatic N) is 2. The van der Waals surface area contributed by atoms with Crippen molar-refractivity contribution in [2.75, 3.05) is 13.1 Å². The Kier molecular flexibility index (Phi) is 5.55. The number of amides is 2. The SMILES string of the molecule is Cc1ncsc1CNC(=O)N1CCCC(CCC(=O)O)C1. The number of carboxylic acids is 1. The van der Waals surface area contributed by atoms with Crippen LogP contribution in [0.2, 0.25) is 0 Å². The molecule has 1 unspecified atom stereocenters. The van der Waals surface area contributed by atoms with E-state index in [9.17, 15) is 9.59 Å². The minimum Gasteiger partial charge on any atom is -0.481 e. The second kappa shape index (κ2) is 7.40. The van der Waals surface area contributed by atoms with Gasteiger partial charge in [0.2, 0.25) is 0 Å². The summed E-state index contributed by atoms with van der Waals surface area (Å²) in [6.45, 7) is 3.84. The van der Waals surface area contributed by atoms with E-state index in [1.807, 2.05) is 6.92 Å². The number of aliphatic carboxylic acids is 1. The summed E-state index contributed by atoms with van der Waals surface area (Å²) in [7, 11) is 0. The molecular formula is C14H21N3O3S. The van der Waals surface area contributed by atoms with Crippen molar-refractivity contribution in [2.45, 2.75) is 39.2 Å². The Morgan fingerprint density at radius 2 is 2.38 bits per heavy atom. The van der Waals surface area contributed by atoms with E-state index in [0.717, 1.165) is 30.0 Å². The van der Waals surface area contributed by atoms with E-state index in [1.165, 1.54) is 0 Å². The number of carboxylic acid groups (broad SMARTS) is 1. The van der Waals surface area contributed by atoms with Gasteiger partial charge >= 0.3 is 12.0 Å². The number of piperidine rings is 1. The molecule has 0 radical (unpaired) electrons. The zero-order chi connectivity index (χ0) is 15.2. The highest BCUT2D eigenvalue weighted by Gasteiger charge is 2.24. The van der Waals surface area contributed by atoms with E-state index in [-0.39, 0.29) is 12.5 Å². The molecule has 2 heterocycles. The lowest BCUT2D eigenvalue weighted by Crippen LogP contribution is -2.45. The van der Waals surface area contributed by atoms with Crippen molar-refractivity contribution >= 4 is 23.3 Å². The van der Waals surface area contributed by atoms with Gasteiger partial charge in [0.05, 0.1) is 17.7 Å². The van der Waals surface area contributed by atoms with Crippen LogP contribution in [0.1, 0.15) is 36.3 Å². The van der Waals surface area contributed by atoms with Crippen LogP contribution in [0, 0.1) is 12.8 Å². The van der Waals surface area contributed by atoms with E-state index < -0.39 is 5.97 Å². The van der Waals surface area contributed by atoms with Crippen LogP contribution in [0.4, 0.5) is 4.79 Å². The fraction of sp³-hybridized carbons (Fsp3) is 0.643. The minimum atomic E-state index is -0.766. The second-order valence-electron chi connectivity index (χ2n) is 5.41. The largest absolute Gasteiger partial charge is 0.481 e. The molecule has 21 heavy (non-hydrogen) atoms. The number of aromatic nitrogens is 1. The maximum Gasteiger partial charge on any atom is 0.317 e. The Balaban J connectivity index is 1.79. The van der Waals surface area contributed by atoms with E-state index >= 15 is 0 Å². The van der Waals surface area contributed by atoms with Crippen molar-refractivity contribution < 1.29 is 14.7 Å². The quantitative estimate of drug-likeness (QED) is 0.873. The molecule has 7 heteroatoms. The molecule has 1 aromatic rings. The van der Waals surface area contributed by atoms with Crippen LogP contribution >= 0.6 is 11.3 Å². The van der Waals surface area contributed by atoms with Crippen molar-refractivity contribution in [3.63, 3.8) is 0 Å². The molecule has 1 atom stereocenters. The summed E-state index contributed by atoms with van der Waals surface area (Å²) in [5.41, 5.74) is 2.73. The highest BCUT2D eigenvalue weighted by molar-refractivity contribution is 7.09. The van der Waals surface area contributed by atoms with Gasteiger partial charge < -0.3 is 15.3 Å². The Morgan fingerprint density at radius 1 is 1.57 bits per heavy atom. The van der Waals surface area contributed by atoms with E-state index in [1.54, 1.807) is 21.7 Å². The van der Waals surface area contributed by atoms with E-state index in [2.05, 4.69) is 10.3 Å². The first-order chi connectivity index (χ1) is 10.1. The Morgan fingerprint density at radius 3 is 3.05 bits per heavy atom. The number of urea groups is 1. The minimum absolute atomic E-state index is 0.0668. The van der Waals surface area contributed by atoms with Gasteiger partial charge in [0.1, 0.15) is 0 Å². The first-order valence-electron chi connectivity index (χ1n) is 7.19. The third-order valence-electron chi connectivity index (χ3n) is 3.82. The van der Waals surface area contributed by atoms with Crippen molar-refractivity contribution in [3.05, 3.63) is 16.1 Å². The third-order valence-corrected chi connectivity index (χ3v) is 4.75. The first-order valence-corrected chi connectivity index (χ1v) is 8.07. The van der Waals surface area contributed by atoms with Gasteiger partial charge in [-0.3, -0.25) is 4.79 Å². The number of likely N-dealkylation sites (tertiary alicyclic amines) is 1. The molecule has 0 aliphatic carbocycles. The number of carbonyl (C=O) groups is 2. The maximum absolute atomic E-state index is 12.2. The van der Waals surface area contributed by atoms with Gasteiger partial charge in [-0.25, -0.2) is 9.78 Å². The second-order valence-corrected chi connectivity index (χ2v) is 6.35. The first kappa shape index (κ1) is 15.8. The van der Waals surface area contributed by atoms with Crippen LogP contribution in [-0.4, -0.2) is 40.1 Å². The molecule has 0 aromatic carbocycles. The third kappa shape index (κ3) is 4.70. The predicted octanol–water partition coefficient (Wildman–Crippen LogP) is 2.24. The standard InChI is InChI=1S/C14H21N3O3S/c1-10-12(21-9-16-10)7-15-14(20)17-6-2-3-11(8-17)4-5-13(18)19/h9,11H,2-8H2,1H3,(H,15,20)(H,18,19). The summed E-state index contributed by atoms with van der Waals surface area (Å²) in [5, 5.41) is 11.7. The normalized spacial score (nSPS) is 18.5. The predicted molar refractivity (Wildman–Crippen MR) is 80.3 cm³/mol. The zero-order valence-corrected chi connectivity index (χ0v) is 13.0. The summed E-state index contributed by atoms with van der Waals surface area (Å²) < 4.78 is 0. The summed E-state index contributed by atoms with van der Waals surface area (Å²) in [5.74, 6) is -0.469. The van der Waals surface area contributed by atoms with Gasteiger partial charge in [-0.15, -0.1) is 11.3 Å². The Hall–Kier alpha value is -1.63. The summed E-state index contributed by atoms with van der Waals surface area (Å²) in [6.07, 6.45) is 2.77. The highest BCUT2D eigenvalue weighted by atomic mass is 32.1. The molecule has 2 N–H and O–H groups in total. The molecule has 1 aliphatic rings. The molecule has 1 saturated heterocycles. The molecule has 1 fully saturated rings. The van der Waals surface area contributed by atoms with Crippen LogP contribution in [0.3, 0.4) is 0 Å². The van der Waals surface area contributed by atoms with Crippen molar-refractivity contribution in [1.29, 1.82) is 0 Å². The number of rotatable bonds is 5. The lowest BCUT2D eigenvalue weighted by molar-refractivity contribution is -0.137. The number of hydrogen-bond donors (Lipinski definition) is 2. The van der Waals surface area contributed by atoms with Crippen LogP contribution in [0.15, 0.2) is 5.51 Å². The summed E-state index contributed by atoms with van der Waals surface area (Å²) in [6, 6.07) is -0.0668. The number of hydrogen-bond acceptors (Lipinski definition) is 4. The van der Waals surface area contributed by atoms with Gasteiger partial charge in [-0.2, -0.15) is 0 Å². The fourth-order valence-corrected chi connectivity index (χ4v) is 3.29. The van der Waals surface area contributed by atoms with E-state index in [4.69, 9.17) is 5.11 Å². The number of nitrogens with one attached hydrogen (secondary N) is 1. The number of carbonyl (C=O) groups excluding carboxylic acids is 1. The van der Waals surface area contributed by atoms with Crippen molar-refractivity contribution in [1.82, 2.24) is 15.2 Å². The number of thiazole rings is 1. The Bertz CT molecular complexity index is 503. The molecular weight excluding hydrogens is 290 g/mol. The van der Waals surface area contributed by atoms with Crippen molar-refractivity contribution in [2.24, 2.45) is 5.92 Å². The van der Waals surface area contributed by atoms with Crippen LogP contribution in [0.25, 0.3) is 0 Å². The zero-order valence-electron chi connectivity index (χ0n) is 12.2. The van der Waals surface area contributed by atoms with Gasteiger partial charge in [0.15, 0.2) is 0 Å². The summed E-state index contributed by atoms with van der Waals surface area (Å²) >= 11 is 1.54. The molecule has 2 rings (SSSR count). The van der Waals surface area contributed by atoms with Gasteiger partial charge in [-0.05, 0) is 32.1 Å². The molecule has 2 amide bonds. The molecule has 1 aliphatic heterocycles. The van der Waals surface area contributed by atoms with Gasteiger partial charge in [0.25, 0.3) is 0 Å². The summed E-state index contributed by atoms with van der Waals surface area (Å²) in [4.78, 5) is 29.8. The average Bonchev–Trinajstić information content (AvgIpc) is 2.88. The molecule has 0 bridgehead atoms. The molecule has 0 spiro atoms. The van der Waals surface area contributed by atoms with Crippen LogP contribution in [-0.2, 0) is 11.3 Å². The highest BCUT2D eigenvalue weighted by Crippen LogP contribution is 2.21. The molecule has 116 valence electrons. The maximum atomic E-state index is 12.2. The fourth-order valence-electron chi connectivity index (χ4n) is 2.58. The average molecular weight is 311 g/mol. The van der Waals surface area contributed by atoms with Crippen molar-refractivity contribution in [3.8, 4) is 0 Å². The topological polar surface area (TPSA) is 82.5 Å². The Labute approximate surface area is 128 Å². The number of aryl methyl sites for hydroxylation is 1. The van der Waals surface area contributed by atoms with E-state index in [0.29, 0.717) is 25.4 Å². The lowest BCUT2D eigenvalue weighted by atomic mass is 9.93. The molecule has 0 saturated carbocycles. The lowest BCUT2D eigenvalue weighted by Gasteiger charge is -2.32. The van der Waals surface area contributed by atoms with Gasteiger partial charge in [-0.1, -0.05) is 0 Å². The van der Waals surface area contributed by atoms with Crippen LogP contribution in [0.5, 0.6) is 0 Å². The van der Waals surface area contributed by atoms with Crippen LogP contribution < -0.4 is 5.32 Å². The molecule has 6 nitrogen and oxygen atoms in total. The van der Waals surface area contributed by atoms with Gasteiger partial charge in [0, 0.05) is 24.4 Å². The molecule has 1 aromatic heterocycles. The monoisotopic (exact) mass is 311 g/mol. The smallest absolute Gasteiger partial charge is 0.317 e.